The molecule has 0 saturated carbocycles. The molecular formula is C25H30N2O. The summed E-state index contributed by atoms with van der Waals surface area (Å²) in [6.45, 7) is 5.41. The molecule has 1 unspecified atom stereocenters. The molecule has 3 aliphatic rings. The van der Waals surface area contributed by atoms with Gasteiger partial charge in [0, 0.05) is 50.8 Å². The Morgan fingerprint density at radius 1 is 0.857 bits per heavy atom. The third-order valence-electron chi connectivity index (χ3n) is 6.79. The van der Waals surface area contributed by atoms with Crippen molar-refractivity contribution in [3.05, 3.63) is 71.3 Å². The average molecular weight is 375 g/mol. The minimum absolute atomic E-state index is 0.660. The Morgan fingerprint density at radius 3 is 2.18 bits per heavy atom. The van der Waals surface area contributed by atoms with E-state index in [0.29, 0.717) is 18.0 Å². The molecule has 3 saturated heterocycles. The van der Waals surface area contributed by atoms with E-state index in [4.69, 9.17) is 4.74 Å². The van der Waals surface area contributed by atoms with Crippen molar-refractivity contribution < 1.29 is 4.74 Å². The van der Waals surface area contributed by atoms with Crippen molar-refractivity contribution in [1.29, 1.82) is 0 Å². The summed E-state index contributed by atoms with van der Waals surface area (Å²) < 4.78 is 5.54. The molecule has 0 radical (unpaired) electrons. The molecule has 3 atom stereocenters. The van der Waals surface area contributed by atoms with Crippen molar-refractivity contribution in [2.75, 3.05) is 32.8 Å². The molecule has 2 bridgehead atoms. The number of piperidine rings is 1. The van der Waals surface area contributed by atoms with Crippen LogP contribution in [0.25, 0.3) is 12.2 Å². The quantitative estimate of drug-likeness (QED) is 0.800. The fourth-order valence-corrected chi connectivity index (χ4v) is 5.21. The van der Waals surface area contributed by atoms with E-state index in [0.717, 1.165) is 32.2 Å². The Morgan fingerprint density at radius 2 is 1.50 bits per heavy atom. The van der Waals surface area contributed by atoms with Gasteiger partial charge in [-0.15, -0.1) is 0 Å². The SMILES string of the molecule is C(=C\c1ccc(C2[C@H]3CNC[C@@H]2N3CC2CCOCC2)cc1)/c1ccccc1. The van der Waals surface area contributed by atoms with Crippen LogP contribution in [0.3, 0.4) is 0 Å². The Bertz CT molecular complexity index is 783. The Hall–Kier alpha value is -1.94. The van der Waals surface area contributed by atoms with E-state index in [1.807, 2.05) is 0 Å². The van der Waals surface area contributed by atoms with Crippen LogP contribution in [0.4, 0.5) is 0 Å². The molecule has 3 fully saturated rings. The third kappa shape index (κ3) is 3.67. The zero-order chi connectivity index (χ0) is 18.8. The molecule has 28 heavy (non-hydrogen) atoms. The molecule has 2 aromatic carbocycles. The molecular weight excluding hydrogens is 344 g/mol. The number of hydrogen-bond acceptors (Lipinski definition) is 3. The minimum atomic E-state index is 0.660. The van der Waals surface area contributed by atoms with Gasteiger partial charge in [0.05, 0.1) is 0 Å². The predicted octanol–water partition coefficient (Wildman–Crippen LogP) is 4.02. The summed E-state index contributed by atoms with van der Waals surface area (Å²) in [7, 11) is 0. The van der Waals surface area contributed by atoms with Gasteiger partial charge in [0.25, 0.3) is 0 Å². The Labute approximate surface area is 168 Å². The maximum Gasteiger partial charge on any atom is 0.0469 e. The second kappa shape index (κ2) is 8.20. The standard InChI is InChI=1S/C25H30N2O/c1-2-4-19(5-3-1)6-7-20-8-10-22(11-9-20)25-23-16-26-17-24(25)27(23)18-21-12-14-28-15-13-21/h1-11,21,23-26H,12-18H2/b7-6+/t23-,24+,25?. The van der Waals surface area contributed by atoms with Crippen molar-refractivity contribution in [2.24, 2.45) is 5.92 Å². The molecule has 0 spiro atoms. The summed E-state index contributed by atoms with van der Waals surface area (Å²) in [5.74, 6) is 1.51. The van der Waals surface area contributed by atoms with Gasteiger partial charge >= 0.3 is 0 Å². The highest BCUT2D eigenvalue weighted by Gasteiger charge is 2.51. The summed E-state index contributed by atoms with van der Waals surface area (Å²) in [6, 6.07) is 21.1. The van der Waals surface area contributed by atoms with Crippen LogP contribution in [-0.4, -0.2) is 49.8 Å². The highest BCUT2D eigenvalue weighted by molar-refractivity contribution is 5.69. The van der Waals surface area contributed by atoms with Crippen LogP contribution in [0.2, 0.25) is 0 Å². The van der Waals surface area contributed by atoms with E-state index in [1.165, 1.54) is 36.1 Å². The first-order chi connectivity index (χ1) is 13.9. The third-order valence-corrected chi connectivity index (χ3v) is 6.79. The molecule has 1 N–H and O–H groups in total. The molecule has 3 nitrogen and oxygen atoms in total. The van der Waals surface area contributed by atoms with Gasteiger partial charge in [-0.2, -0.15) is 0 Å². The van der Waals surface area contributed by atoms with Crippen LogP contribution >= 0.6 is 0 Å². The molecule has 3 aliphatic heterocycles. The molecule has 0 aliphatic carbocycles. The number of piperazine rings is 1. The van der Waals surface area contributed by atoms with Crippen LogP contribution in [0.15, 0.2) is 54.6 Å². The lowest BCUT2D eigenvalue weighted by Gasteiger charge is -2.60. The van der Waals surface area contributed by atoms with E-state index in [1.54, 1.807) is 0 Å². The molecule has 146 valence electrons. The highest BCUT2D eigenvalue weighted by atomic mass is 16.5. The van der Waals surface area contributed by atoms with Crippen LogP contribution < -0.4 is 5.32 Å². The van der Waals surface area contributed by atoms with Gasteiger partial charge in [-0.05, 0) is 35.4 Å². The molecule has 0 aromatic heterocycles. The van der Waals surface area contributed by atoms with E-state index >= 15 is 0 Å². The number of likely N-dealkylation sites (tertiary alicyclic amines) is 1. The molecule has 3 heterocycles. The van der Waals surface area contributed by atoms with E-state index in [2.05, 4.69) is 77.0 Å². The fourth-order valence-electron chi connectivity index (χ4n) is 5.21. The van der Waals surface area contributed by atoms with E-state index in [-0.39, 0.29) is 0 Å². The minimum Gasteiger partial charge on any atom is -0.381 e. The number of rotatable bonds is 5. The first-order valence-electron chi connectivity index (χ1n) is 10.8. The lowest BCUT2D eigenvalue weighted by molar-refractivity contribution is -0.0628. The second-order valence-electron chi connectivity index (χ2n) is 8.48. The summed E-state index contributed by atoms with van der Waals surface area (Å²) in [5.41, 5.74) is 4.03. The van der Waals surface area contributed by atoms with Crippen molar-refractivity contribution in [3.8, 4) is 0 Å². The lowest BCUT2D eigenvalue weighted by atomic mass is 9.71. The first-order valence-corrected chi connectivity index (χ1v) is 10.8. The molecule has 0 amide bonds. The molecule has 3 heteroatoms. The monoisotopic (exact) mass is 374 g/mol. The second-order valence-corrected chi connectivity index (χ2v) is 8.48. The maximum atomic E-state index is 5.54. The summed E-state index contributed by atoms with van der Waals surface area (Å²) in [5, 5.41) is 3.62. The fraction of sp³-hybridized carbons (Fsp3) is 0.440. The number of ether oxygens (including phenoxy) is 1. The van der Waals surface area contributed by atoms with Crippen molar-refractivity contribution in [3.63, 3.8) is 0 Å². The number of fused-ring (bicyclic) bond motifs is 2. The predicted molar refractivity (Wildman–Crippen MR) is 115 cm³/mol. The van der Waals surface area contributed by atoms with Gasteiger partial charge < -0.3 is 10.1 Å². The number of hydrogen-bond donors (Lipinski definition) is 1. The van der Waals surface area contributed by atoms with Gasteiger partial charge in [-0.1, -0.05) is 66.7 Å². The molecule has 5 rings (SSSR count). The zero-order valence-electron chi connectivity index (χ0n) is 16.5. The first kappa shape index (κ1) is 18.1. The van der Waals surface area contributed by atoms with Crippen LogP contribution in [0.5, 0.6) is 0 Å². The van der Waals surface area contributed by atoms with Crippen molar-refractivity contribution >= 4 is 12.2 Å². The number of benzene rings is 2. The van der Waals surface area contributed by atoms with Gasteiger partial charge in [-0.25, -0.2) is 0 Å². The Balaban J connectivity index is 1.24. The summed E-state index contributed by atoms with van der Waals surface area (Å²) in [4.78, 5) is 2.78. The van der Waals surface area contributed by atoms with E-state index < -0.39 is 0 Å². The smallest absolute Gasteiger partial charge is 0.0469 e. The summed E-state index contributed by atoms with van der Waals surface area (Å²) in [6.07, 6.45) is 6.86. The summed E-state index contributed by atoms with van der Waals surface area (Å²) >= 11 is 0. The van der Waals surface area contributed by atoms with Crippen molar-refractivity contribution in [2.45, 2.75) is 30.8 Å². The molecule has 2 aromatic rings. The van der Waals surface area contributed by atoms with Crippen LogP contribution in [0, 0.1) is 5.92 Å². The van der Waals surface area contributed by atoms with Gasteiger partial charge in [0.2, 0.25) is 0 Å². The van der Waals surface area contributed by atoms with Gasteiger partial charge in [0.1, 0.15) is 0 Å². The Kier molecular flexibility index (Phi) is 5.30. The van der Waals surface area contributed by atoms with Gasteiger partial charge in [0.15, 0.2) is 0 Å². The van der Waals surface area contributed by atoms with Gasteiger partial charge in [-0.3, -0.25) is 4.90 Å². The normalized spacial score (nSPS) is 28.4. The zero-order valence-corrected chi connectivity index (χ0v) is 16.5. The number of nitrogens with zero attached hydrogens (tertiary/aromatic N) is 1. The maximum absolute atomic E-state index is 5.54. The van der Waals surface area contributed by atoms with Crippen LogP contribution in [-0.2, 0) is 4.74 Å². The highest BCUT2D eigenvalue weighted by Crippen LogP contribution is 2.43. The van der Waals surface area contributed by atoms with Crippen molar-refractivity contribution in [1.82, 2.24) is 10.2 Å². The number of nitrogens with one attached hydrogen (secondary N) is 1. The van der Waals surface area contributed by atoms with E-state index in [9.17, 15) is 0 Å². The van der Waals surface area contributed by atoms with Crippen LogP contribution in [0.1, 0.15) is 35.4 Å². The topological polar surface area (TPSA) is 24.5 Å². The largest absolute Gasteiger partial charge is 0.381 e. The lowest BCUT2D eigenvalue weighted by Crippen LogP contribution is -2.73. The average Bonchev–Trinajstić information content (AvgIpc) is 2.78.